The quantitative estimate of drug-likeness (QED) is 0.228. The van der Waals surface area contributed by atoms with Gasteiger partial charge >= 0.3 is 5.97 Å². The van der Waals surface area contributed by atoms with Crippen molar-refractivity contribution in [2.24, 2.45) is 29.1 Å². The van der Waals surface area contributed by atoms with Crippen LogP contribution >= 0.6 is 11.3 Å². The molecule has 0 amide bonds. The number of esters is 1. The molecule has 0 radical (unpaired) electrons. The van der Waals surface area contributed by atoms with Gasteiger partial charge in [-0.15, -0.1) is 11.3 Å². The van der Waals surface area contributed by atoms with Crippen molar-refractivity contribution in [1.82, 2.24) is 4.98 Å². The van der Waals surface area contributed by atoms with Crippen molar-refractivity contribution < 1.29 is 19.7 Å². The van der Waals surface area contributed by atoms with Gasteiger partial charge in [0.05, 0.1) is 23.5 Å². The number of rotatable bonds is 12. The monoisotopic (exact) mass is 623 g/mol. The third kappa shape index (κ3) is 6.98. The molecule has 5 rings (SSSR count). The maximum Gasteiger partial charge on any atom is 0.308 e. The summed E-state index contributed by atoms with van der Waals surface area (Å²) in [6, 6.07) is 0. The minimum atomic E-state index is -0.645. The summed E-state index contributed by atoms with van der Waals surface area (Å²) in [5.41, 5.74) is 3.47. The van der Waals surface area contributed by atoms with Crippen LogP contribution in [0.1, 0.15) is 128 Å². The minimum Gasteiger partial charge on any atom is -0.461 e. The number of unbranched alkanes of at least 4 members (excludes halogenated alkanes) is 1. The van der Waals surface area contributed by atoms with Gasteiger partial charge in [0.2, 0.25) is 0 Å². The number of hydrogen-bond acceptors (Lipinski definition) is 6. The molecule has 0 saturated heterocycles. The Labute approximate surface area is 270 Å². The lowest BCUT2D eigenvalue weighted by molar-refractivity contribution is -0.155. The maximum atomic E-state index is 12.9. The van der Waals surface area contributed by atoms with Crippen LogP contribution < -0.4 is 0 Å². The second-order valence-corrected chi connectivity index (χ2v) is 16.3. The lowest BCUT2D eigenvalue weighted by atomic mass is 9.60. The highest BCUT2D eigenvalue weighted by Gasteiger charge is 2.56. The molecule has 4 saturated carbocycles. The van der Waals surface area contributed by atoms with Crippen molar-refractivity contribution in [1.29, 1.82) is 0 Å². The summed E-state index contributed by atoms with van der Waals surface area (Å²) >= 11 is 1.85. The van der Waals surface area contributed by atoms with Crippen LogP contribution in [0.15, 0.2) is 41.6 Å². The van der Waals surface area contributed by atoms with Gasteiger partial charge in [-0.05, 0) is 111 Å². The average Bonchev–Trinajstić information content (AvgIpc) is 3.50. The highest BCUT2D eigenvalue weighted by Crippen LogP contribution is 2.60. The van der Waals surface area contributed by atoms with E-state index in [-0.39, 0.29) is 28.8 Å². The number of thiazole rings is 1. The second kappa shape index (κ2) is 13.9. The zero-order chi connectivity index (χ0) is 31.6. The van der Waals surface area contributed by atoms with Gasteiger partial charge in [-0.25, -0.2) is 4.98 Å². The fraction of sp³-hybridized carbons (Fsp3) is 0.737. The van der Waals surface area contributed by atoms with Crippen molar-refractivity contribution in [3.05, 3.63) is 51.5 Å². The third-order valence-corrected chi connectivity index (χ3v) is 13.0. The van der Waals surface area contributed by atoms with E-state index in [4.69, 9.17) is 9.72 Å². The Morgan fingerprint density at radius 2 is 1.95 bits per heavy atom. The molecule has 6 heteroatoms. The molecule has 44 heavy (non-hydrogen) atoms. The van der Waals surface area contributed by atoms with Crippen molar-refractivity contribution in [3.63, 3.8) is 0 Å². The maximum absolute atomic E-state index is 12.9. The predicted octanol–water partition coefficient (Wildman–Crippen LogP) is 8.64. The molecule has 244 valence electrons. The van der Waals surface area contributed by atoms with Crippen molar-refractivity contribution in [2.75, 3.05) is 0 Å². The number of carbonyl (C=O) groups excluding carboxylic acids is 1. The van der Waals surface area contributed by atoms with Crippen LogP contribution in [0, 0.1) is 29.1 Å². The van der Waals surface area contributed by atoms with Crippen molar-refractivity contribution >= 4 is 17.3 Å². The van der Waals surface area contributed by atoms with Gasteiger partial charge < -0.3 is 14.9 Å². The van der Waals surface area contributed by atoms with E-state index in [9.17, 15) is 15.0 Å². The first kappa shape index (κ1) is 33.6. The van der Waals surface area contributed by atoms with Gasteiger partial charge in [0, 0.05) is 17.5 Å². The van der Waals surface area contributed by atoms with E-state index < -0.39 is 12.2 Å². The van der Waals surface area contributed by atoms with E-state index in [0.29, 0.717) is 30.6 Å². The van der Waals surface area contributed by atoms with Gasteiger partial charge in [-0.2, -0.15) is 0 Å². The molecule has 5 nitrogen and oxygen atoms in total. The molecule has 0 spiro atoms. The fourth-order valence-electron chi connectivity index (χ4n) is 8.83. The number of aliphatic hydroxyl groups is 2. The molecule has 4 fully saturated rings. The van der Waals surface area contributed by atoms with Crippen LogP contribution in [-0.2, 0) is 21.4 Å². The molecule has 0 unspecified atom stereocenters. The molecule has 1 aromatic rings. The number of carbonyl (C=O) groups is 1. The van der Waals surface area contributed by atoms with Gasteiger partial charge in [0.15, 0.2) is 0 Å². The number of ether oxygens (including phenoxy) is 1. The Kier molecular flexibility index (Phi) is 10.6. The summed E-state index contributed by atoms with van der Waals surface area (Å²) in [7, 11) is 0. The van der Waals surface area contributed by atoms with E-state index >= 15 is 0 Å². The highest BCUT2D eigenvalue weighted by molar-refractivity contribution is 7.11. The van der Waals surface area contributed by atoms with Gasteiger partial charge in [0.1, 0.15) is 11.1 Å². The molecule has 4 aliphatic carbocycles. The average molecular weight is 624 g/mol. The Balaban J connectivity index is 1.28. The van der Waals surface area contributed by atoms with Crippen LogP contribution in [0.3, 0.4) is 0 Å². The van der Waals surface area contributed by atoms with Gasteiger partial charge in [-0.3, -0.25) is 4.79 Å². The topological polar surface area (TPSA) is 79.7 Å². The SMILES string of the molecule is C=C1C(=CC=C2CCC[C@]3(C)[C@@H]([C@H](C)CC[C@H](OC(=O)C(C)C)C4(c5ncc(CCCC)s5)CC4)CC[C@@H]23)C[C@@H](O)C[C@@H]1O. The molecular weight excluding hydrogens is 566 g/mol. The zero-order valence-electron chi connectivity index (χ0n) is 27.9. The summed E-state index contributed by atoms with van der Waals surface area (Å²) in [5.74, 6) is 1.57. The first-order valence-electron chi connectivity index (χ1n) is 17.6. The minimum absolute atomic E-state index is 0.0820. The summed E-state index contributed by atoms with van der Waals surface area (Å²) in [5, 5.41) is 21.7. The number of aliphatic hydroxyl groups excluding tert-OH is 2. The van der Waals surface area contributed by atoms with Crippen molar-refractivity contribution in [2.45, 2.75) is 148 Å². The van der Waals surface area contributed by atoms with Crippen LogP contribution in [-0.4, -0.2) is 39.5 Å². The number of fused-ring (bicyclic) bond motifs is 1. The van der Waals surface area contributed by atoms with Crippen molar-refractivity contribution in [3.8, 4) is 0 Å². The first-order chi connectivity index (χ1) is 21.0. The number of aryl methyl sites for hydroxylation is 1. The molecule has 4 aliphatic rings. The number of hydrogen-bond donors (Lipinski definition) is 2. The molecule has 0 aromatic carbocycles. The highest BCUT2D eigenvalue weighted by atomic mass is 32.1. The molecular formula is C38H57NO4S. The smallest absolute Gasteiger partial charge is 0.308 e. The molecule has 2 N–H and O–H groups in total. The Morgan fingerprint density at radius 3 is 2.66 bits per heavy atom. The summed E-state index contributed by atoms with van der Waals surface area (Å²) < 4.78 is 6.33. The fourth-order valence-corrected chi connectivity index (χ4v) is 10.1. The summed E-state index contributed by atoms with van der Waals surface area (Å²) in [6.07, 6.45) is 19.9. The molecule has 1 aromatic heterocycles. The van der Waals surface area contributed by atoms with Crippen LogP contribution in [0.4, 0.5) is 0 Å². The summed E-state index contributed by atoms with van der Waals surface area (Å²) in [6.45, 7) is 15.2. The number of nitrogens with zero attached hydrogens (tertiary/aromatic N) is 1. The van der Waals surface area contributed by atoms with Gasteiger partial charge in [0.25, 0.3) is 0 Å². The normalized spacial score (nSPS) is 33.0. The van der Waals surface area contributed by atoms with Crippen LogP contribution in [0.5, 0.6) is 0 Å². The first-order valence-corrected chi connectivity index (χ1v) is 18.4. The Hall–Kier alpha value is -1.76. The predicted molar refractivity (Wildman–Crippen MR) is 179 cm³/mol. The van der Waals surface area contributed by atoms with E-state index in [0.717, 1.165) is 49.7 Å². The molecule has 7 atom stereocenters. The second-order valence-electron chi connectivity index (χ2n) is 15.2. The van der Waals surface area contributed by atoms with Crippen LogP contribution in [0.2, 0.25) is 0 Å². The molecule has 0 aliphatic heterocycles. The number of allylic oxidation sites excluding steroid dienone is 3. The summed E-state index contributed by atoms with van der Waals surface area (Å²) in [4.78, 5) is 19.2. The standard InChI is InChI=1S/C38H57NO4S/c1-7-8-11-30-23-39-36(44-30)38(19-20-38)34(43-35(42)24(2)3)17-12-25(4)31-15-16-32-27(10-9-18-37(31,32)6)13-14-28-21-29(40)22-33(41)26(28)5/h13-14,23-25,29,31-34,40-41H,5,7-12,15-22H2,1-4,6H3/t25-,29-,31-,32+,33+,34+,37-/m1/s1. The van der Waals surface area contributed by atoms with E-state index in [1.807, 2.05) is 25.2 Å². The van der Waals surface area contributed by atoms with E-state index in [1.165, 1.54) is 54.0 Å². The Bertz CT molecular complexity index is 1240. The lowest BCUT2D eigenvalue weighted by Gasteiger charge is -2.44. The van der Waals surface area contributed by atoms with E-state index in [2.05, 4.69) is 45.7 Å². The van der Waals surface area contributed by atoms with Gasteiger partial charge in [-0.1, -0.05) is 65.3 Å². The Morgan fingerprint density at radius 1 is 1.18 bits per heavy atom. The number of aromatic nitrogens is 1. The van der Waals surface area contributed by atoms with E-state index in [1.54, 1.807) is 0 Å². The van der Waals surface area contributed by atoms with Crippen LogP contribution in [0.25, 0.3) is 0 Å². The molecule has 0 bridgehead atoms. The third-order valence-electron chi connectivity index (χ3n) is 11.8. The lowest BCUT2D eigenvalue weighted by Crippen LogP contribution is -2.37. The molecule has 1 heterocycles. The largest absolute Gasteiger partial charge is 0.461 e. The zero-order valence-corrected chi connectivity index (χ0v) is 28.8.